The van der Waals surface area contributed by atoms with Crippen molar-refractivity contribution in [1.82, 2.24) is 0 Å². The van der Waals surface area contributed by atoms with Gasteiger partial charge in [0.05, 0.1) is 0 Å². The van der Waals surface area contributed by atoms with Crippen LogP contribution in [-0.2, 0) is 0 Å². The zero-order chi connectivity index (χ0) is 9.19. The lowest BCUT2D eigenvalue weighted by molar-refractivity contribution is 0.307. The van der Waals surface area contributed by atoms with Crippen LogP contribution in [0.3, 0.4) is 0 Å². The summed E-state index contributed by atoms with van der Waals surface area (Å²) in [4.78, 5) is 0. The van der Waals surface area contributed by atoms with Crippen LogP contribution in [0.2, 0.25) is 0 Å². The molecule has 0 aromatic rings. The van der Waals surface area contributed by atoms with Crippen LogP contribution >= 0.6 is 11.6 Å². The van der Waals surface area contributed by atoms with Gasteiger partial charge in [-0.25, -0.2) is 0 Å². The summed E-state index contributed by atoms with van der Waals surface area (Å²) in [6.07, 6.45) is 6.78. The fourth-order valence-electron chi connectivity index (χ4n) is 2.15. The predicted octanol–water partition coefficient (Wildman–Crippen LogP) is 4.22. The third-order valence-corrected chi connectivity index (χ3v) is 3.63. The Morgan fingerprint density at radius 2 is 1.92 bits per heavy atom. The highest BCUT2D eigenvalue weighted by atomic mass is 35.5. The Morgan fingerprint density at radius 1 is 1.25 bits per heavy atom. The third kappa shape index (κ3) is 2.97. The molecule has 1 heteroatoms. The zero-order valence-electron chi connectivity index (χ0n) is 8.57. The molecule has 0 saturated heterocycles. The Kier molecular flexibility index (Phi) is 3.46. The van der Waals surface area contributed by atoms with Crippen molar-refractivity contribution in [1.29, 1.82) is 0 Å². The summed E-state index contributed by atoms with van der Waals surface area (Å²) in [5.41, 5.74) is 0.570. The molecule has 0 aromatic carbocycles. The van der Waals surface area contributed by atoms with Crippen molar-refractivity contribution >= 4 is 11.6 Å². The molecule has 0 aliphatic heterocycles. The van der Waals surface area contributed by atoms with Crippen LogP contribution in [0.5, 0.6) is 0 Å². The van der Waals surface area contributed by atoms with E-state index in [0.717, 1.165) is 5.92 Å². The van der Waals surface area contributed by atoms with Crippen molar-refractivity contribution in [2.45, 2.75) is 58.3 Å². The van der Waals surface area contributed by atoms with Gasteiger partial charge in [-0.3, -0.25) is 0 Å². The van der Waals surface area contributed by atoms with Gasteiger partial charge in [0.2, 0.25) is 0 Å². The maximum atomic E-state index is 6.12. The molecule has 1 saturated carbocycles. The molecule has 1 fully saturated rings. The lowest BCUT2D eigenvalue weighted by Crippen LogP contribution is -2.12. The van der Waals surface area contributed by atoms with Gasteiger partial charge in [-0.2, -0.15) is 0 Å². The summed E-state index contributed by atoms with van der Waals surface area (Å²) in [5, 5.41) is 0.374. The minimum absolute atomic E-state index is 0.374. The average molecular weight is 189 g/mol. The van der Waals surface area contributed by atoms with Crippen molar-refractivity contribution in [2.24, 2.45) is 11.3 Å². The second kappa shape index (κ2) is 4.00. The molecule has 12 heavy (non-hydrogen) atoms. The van der Waals surface area contributed by atoms with E-state index in [4.69, 9.17) is 11.6 Å². The van der Waals surface area contributed by atoms with E-state index < -0.39 is 0 Å². The number of hydrogen-bond donors (Lipinski definition) is 0. The maximum absolute atomic E-state index is 6.12. The van der Waals surface area contributed by atoms with Gasteiger partial charge in [0.1, 0.15) is 0 Å². The molecule has 0 aromatic heterocycles. The normalized spacial score (nSPS) is 32.5. The van der Waals surface area contributed by atoms with E-state index in [-0.39, 0.29) is 0 Å². The largest absolute Gasteiger partial charge is 0.123 e. The second-order valence-electron chi connectivity index (χ2n) is 5.03. The number of halogens is 1. The quantitative estimate of drug-likeness (QED) is 0.427. The van der Waals surface area contributed by atoms with E-state index in [0.29, 0.717) is 10.8 Å². The lowest BCUT2D eigenvalue weighted by atomic mass is 9.84. The fraction of sp³-hybridized carbons (Fsp3) is 1.00. The summed E-state index contributed by atoms with van der Waals surface area (Å²) >= 11 is 6.12. The average Bonchev–Trinajstić information content (AvgIpc) is 2.10. The van der Waals surface area contributed by atoms with E-state index in [2.05, 4.69) is 20.8 Å². The highest BCUT2D eigenvalue weighted by Gasteiger charge is 2.26. The van der Waals surface area contributed by atoms with Gasteiger partial charge in [0.15, 0.2) is 0 Å². The van der Waals surface area contributed by atoms with E-state index in [1.54, 1.807) is 0 Å². The van der Waals surface area contributed by atoms with Crippen LogP contribution in [0.1, 0.15) is 52.9 Å². The molecule has 0 bridgehead atoms. The molecule has 2 unspecified atom stereocenters. The Labute approximate surface area is 81.7 Å². The monoisotopic (exact) mass is 188 g/mol. The van der Waals surface area contributed by atoms with Gasteiger partial charge in [0, 0.05) is 5.38 Å². The van der Waals surface area contributed by atoms with Crippen LogP contribution in [0, 0.1) is 11.3 Å². The van der Waals surface area contributed by atoms with Crippen molar-refractivity contribution < 1.29 is 0 Å². The van der Waals surface area contributed by atoms with Gasteiger partial charge >= 0.3 is 0 Å². The molecular weight excluding hydrogens is 168 g/mol. The summed E-state index contributed by atoms with van der Waals surface area (Å²) < 4.78 is 0. The Morgan fingerprint density at radius 3 is 2.50 bits per heavy atom. The molecule has 72 valence electrons. The van der Waals surface area contributed by atoms with Gasteiger partial charge in [-0.05, 0) is 43.9 Å². The predicted molar refractivity (Wildman–Crippen MR) is 55.7 cm³/mol. The van der Waals surface area contributed by atoms with E-state index in [1.165, 1.54) is 32.1 Å². The van der Waals surface area contributed by atoms with E-state index in [9.17, 15) is 0 Å². The minimum atomic E-state index is 0.374. The minimum Gasteiger partial charge on any atom is -0.123 e. The molecule has 0 radical (unpaired) electrons. The van der Waals surface area contributed by atoms with E-state index >= 15 is 0 Å². The first-order valence-corrected chi connectivity index (χ1v) is 5.59. The first kappa shape index (κ1) is 10.4. The van der Waals surface area contributed by atoms with E-state index in [1.807, 2.05) is 0 Å². The SMILES string of the molecule is CC(Cl)C1CCCC(C)(C)CC1. The van der Waals surface area contributed by atoms with Crippen molar-refractivity contribution in [3.63, 3.8) is 0 Å². The lowest BCUT2D eigenvalue weighted by Gasteiger charge is -2.22. The first-order valence-electron chi connectivity index (χ1n) is 5.15. The van der Waals surface area contributed by atoms with Gasteiger partial charge in [0.25, 0.3) is 0 Å². The van der Waals surface area contributed by atoms with Crippen LogP contribution in [0.25, 0.3) is 0 Å². The van der Waals surface area contributed by atoms with Gasteiger partial charge in [-0.15, -0.1) is 11.6 Å². The van der Waals surface area contributed by atoms with Crippen molar-refractivity contribution in [3.8, 4) is 0 Å². The Bertz CT molecular complexity index is 138. The summed E-state index contributed by atoms with van der Waals surface area (Å²) in [6, 6.07) is 0. The summed E-state index contributed by atoms with van der Waals surface area (Å²) in [7, 11) is 0. The second-order valence-corrected chi connectivity index (χ2v) is 5.72. The van der Waals surface area contributed by atoms with Crippen LogP contribution in [-0.4, -0.2) is 5.38 Å². The molecular formula is C11H21Cl. The maximum Gasteiger partial charge on any atom is 0.0336 e. The fourth-order valence-corrected chi connectivity index (χ4v) is 2.40. The number of hydrogen-bond acceptors (Lipinski definition) is 0. The topological polar surface area (TPSA) is 0 Å². The van der Waals surface area contributed by atoms with Crippen LogP contribution in [0.4, 0.5) is 0 Å². The summed E-state index contributed by atoms with van der Waals surface area (Å²) in [5.74, 6) is 0.772. The summed E-state index contributed by atoms with van der Waals surface area (Å²) in [6.45, 7) is 6.91. The van der Waals surface area contributed by atoms with Crippen LogP contribution in [0.15, 0.2) is 0 Å². The van der Waals surface area contributed by atoms with Gasteiger partial charge < -0.3 is 0 Å². The highest BCUT2D eigenvalue weighted by molar-refractivity contribution is 6.20. The highest BCUT2D eigenvalue weighted by Crippen LogP contribution is 2.38. The zero-order valence-corrected chi connectivity index (χ0v) is 9.32. The molecule has 1 aliphatic carbocycles. The molecule has 0 N–H and O–H groups in total. The Hall–Kier alpha value is 0.290. The third-order valence-electron chi connectivity index (χ3n) is 3.27. The smallest absolute Gasteiger partial charge is 0.0336 e. The molecule has 0 spiro atoms. The van der Waals surface area contributed by atoms with Gasteiger partial charge in [-0.1, -0.05) is 20.3 Å². The number of rotatable bonds is 1. The standard InChI is InChI=1S/C11H21Cl/c1-9(12)10-5-4-7-11(2,3)8-6-10/h9-10H,4-8H2,1-3H3. The first-order chi connectivity index (χ1) is 5.51. The van der Waals surface area contributed by atoms with Crippen LogP contribution < -0.4 is 0 Å². The number of alkyl halides is 1. The molecule has 2 atom stereocenters. The van der Waals surface area contributed by atoms with Crippen molar-refractivity contribution in [2.75, 3.05) is 0 Å². The Balaban J connectivity index is 2.45. The van der Waals surface area contributed by atoms with Crippen molar-refractivity contribution in [3.05, 3.63) is 0 Å². The molecule has 1 aliphatic rings. The molecule has 1 rings (SSSR count). The molecule has 0 nitrogen and oxygen atoms in total. The molecule has 0 amide bonds. The molecule has 0 heterocycles.